The van der Waals surface area contributed by atoms with Crippen molar-refractivity contribution in [2.24, 2.45) is 0 Å². The third kappa shape index (κ3) is 5.22. The molecule has 0 aromatic rings. The third-order valence-corrected chi connectivity index (χ3v) is 2.65. The first-order chi connectivity index (χ1) is 6.65. The minimum atomic E-state index is 0.292. The monoisotopic (exact) mass is 200 g/mol. The van der Waals surface area contributed by atoms with Gasteiger partial charge in [0.2, 0.25) is 5.91 Å². The Morgan fingerprint density at radius 3 is 1.79 bits per heavy atom. The molecule has 0 radical (unpaired) electrons. The summed E-state index contributed by atoms with van der Waals surface area (Å²) >= 11 is 0. The van der Waals surface area contributed by atoms with Gasteiger partial charge >= 0.3 is 0 Å². The van der Waals surface area contributed by atoms with E-state index in [4.69, 9.17) is 0 Å². The molecule has 0 atom stereocenters. The van der Waals surface area contributed by atoms with Crippen LogP contribution in [0.2, 0.25) is 0 Å². The molecule has 0 aliphatic carbocycles. The first-order valence-corrected chi connectivity index (χ1v) is 5.61. The Kier molecular flexibility index (Phi) is 7.48. The van der Waals surface area contributed by atoms with Crippen LogP contribution in [0.15, 0.2) is 0 Å². The van der Waals surface area contributed by atoms with Gasteiger partial charge in [-0.25, -0.2) is 0 Å². The lowest BCUT2D eigenvalue weighted by Gasteiger charge is -2.13. The maximum absolute atomic E-state index is 10.5. The normalized spacial score (nSPS) is 15.8. The Bertz CT molecular complexity index is 150. The molecule has 3 heteroatoms. The van der Waals surface area contributed by atoms with E-state index in [0.717, 1.165) is 19.4 Å². The van der Waals surface area contributed by atoms with Gasteiger partial charge in [-0.1, -0.05) is 20.8 Å². The van der Waals surface area contributed by atoms with Crippen LogP contribution in [0, 0.1) is 0 Å². The molecule has 14 heavy (non-hydrogen) atoms. The summed E-state index contributed by atoms with van der Waals surface area (Å²) in [6.45, 7) is 11.1. The molecule has 3 nitrogen and oxygen atoms in total. The maximum Gasteiger partial charge on any atom is 0.222 e. The van der Waals surface area contributed by atoms with Crippen molar-refractivity contribution in [3.05, 3.63) is 0 Å². The van der Waals surface area contributed by atoms with Crippen molar-refractivity contribution < 1.29 is 4.79 Å². The molecule has 1 aliphatic heterocycles. The second kappa shape index (κ2) is 7.80. The van der Waals surface area contributed by atoms with Crippen LogP contribution in [0.5, 0.6) is 0 Å². The van der Waals surface area contributed by atoms with E-state index in [0.29, 0.717) is 5.91 Å². The van der Waals surface area contributed by atoms with Gasteiger partial charge in [0, 0.05) is 20.0 Å². The topological polar surface area (TPSA) is 23.6 Å². The second-order valence-electron chi connectivity index (χ2n) is 3.54. The molecule has 0 bridgehead atoms. The van der Waals surface area contributed by atoms with Gasteiger partial charge in [-0.05, 0) is 26.1 Å². The average Bonchev–Trinajstić information content (AvgIpc) is 2.55. The van der Waals surface area contributed by atoms with Gasteiger partial charge in [0.1, 0.15) is 0 Å². The lowest BCUT2D eigenvalue weighted by Crippen LogP contribution is -2.21. The van der Waals surface area contributed by atoms with Gasteiger partial charge in [0.15, 0.2) is 0 Å². The number of hydrogen-bond donors (Lipinski definition) is 0. The van der Waals surface area contributed by atoms with Crippen molar-refractivity contribution in [2.45, 2.75) is 33.6 Å². The highest BCUT2D eigenvalue weighted by atomic mass is 16.2. The van der Waals surface area contributed by atoms with Crippen molar-refractivity contribution in [3.63, 3.8) is 0 Å². The van der Waals surface area contributed by atoms with Gasteiger partial charge in [-0.15, -0.1) is 0 Å². The zero-order valence-corrected chi connectivity index (χ0v) is 10.0. The van der Waals surface area contributed by atoms with Crippen LogP contribution in [0.25, 0.3) is 0 Å². The molecule has 84 valence electrons. The quantitative estimate of drug-likeness (QED) is 0.690. The van der Waals surface area contributed by atoms with Crippen LogP contribution < -0.4 is 0 Å². The van der Waals surface area contributed by atoms with Crippen molar-refractivity contribution in [3.8, 4) is 0 Å². The van der Waals surface area contributed by atoms with Crippen molar-refractivity contribution in [2.75, 3.05) is 33.2 Å². The predicted molar refractivity (Wildman–Crippen MR) is 60.3 cm³/mol. The zero-order valence-electron chi connectivity index (χ0n) is 10.0. The maximum atomic E-state index is 10.5. The Hall–Kier alpha value is -0.570. The van der Waals surface area contributed by atoms with Crippen LogP contribution in [0.3, 0.4) is 0 Å². The second-order valence-corrected chi connectivity index (χ2v) is 3.54. The predicted octanol–water partition coefficient (Wildman–Crippen LogP) is 1.59. The third-order valence-electron chi connectivity index (χ3n) is 2.65. The number of carbonyl (C=O) groups excluding carboxylic acids is 1. The Balaban J connectivity index is 0.000000241. The molecular weight excluding hydrogens is 176 g/mol. The molecule has 1 rings (SSSR count). The molecular formula is C11H24N2O. The first kappa shape index (κ1) is 13.4. The van der Waals surface area contributed by atoms with E-state index in [9.17, 15) is 4.79 Å². The van der Waals surface area contributed by atoms with Crippen LogP contribution in [-0.2, 0) is 4.79 Å². The number of nitrogens with zero attached hydrogens (tertiary/aromatic N) is 2. The van der Waals surface area contributed by atoms with Gasteiger partial charge in [-0.2, -0.15) is 0 Å². The number of likely N-dealkylation sites (tertiary alicyclic amines) is 1. The molecule has 1 amide bonds. The van der Waals surface area contributed by atoms with Crippen LogP contribution in [-0.4, -0.2) is 48.9 Å². The van der Waals surface area contributed by atoms with Crippen LogP contribution in [0.1, 0.15) is 33.6 Å². The van der Waals surface area contributed by atoms with E-state index in [1.54, 1.807) is 4.90 Å². The highest BCUT2D eigenvalue weighted by Gasteiger charge is 2.14. The SMILES string of the molecule is CCN(CC)CC.CN1CCCC1=O. The Morgan fingerprint density at radius 2 is 1.71 bits per heavy atom. The zero-order chi connectivity index (χ0) is 11.0. The summed E-state index contributed by atoms with van der Waals surface area (Å²) in [4.78, 5) is 14.6. The summed E-state index contributed by atoms with van der Waals surface area (Å²) in [5.41, 5.74) is 0. The number of rotatable bonds is 3. The minimum Gasteiger partial charge on any atom is -0.346 e. The number of amides is 1. The molecule has 1 aliphatic rings. The minimum absolute atomic E-state index is 0.292. The van der Waals surface area contributed by atoms with E-state index in [1.807, 2.05) is 7.05 Å². The van der Waals surface area contributed by atoms with E-state index < -0.39 is 0 Å². The summed E-state index contributed by atoms with van der Waals surface area (Å²) in [7, 11) is 1.84. The lowest BCUT2D eigenvalue weighted by molar-refractivity contribution is -0.126. The van der Waals surface area contributed by atoms with Crippen LogP contribution in [0.4, 0.5) is 0 Å². The smallest absolute Gasteiger partial charge is 0.222 e. The van der Waals surface area contributed by atoms with E-state index in [1.165, 1.54) is 19.6 Å². The number of hydrogen-bond acceptors (Lipinski definition) is 2. The largest absolute Gasteiger partial charge is 0.346 e. The van der Waals surface area contributed by atoms with Crippen LogP contribution >= 0.6 is 0 Å². The molecule has 0 aromatic carbocycles. The van der Waals surface area contributed by atoms with Gasteiger partial charge in [-0.3, -0.25) is 4.79 Å². The fourth-order valence-electron chi connectivity index (χ4n) is 1.45. The van der Waals surface area contributed by atoms with E-state index in [-0.39, 0.29) is 0 Å². The highest BCUT2D eigenvalue weighted by Crippen LogP contribution is 2.04. The molecule has 0 unspecified atom stereocenters. The summed E-state index contributed by atoms with van der Waals surface area (Å²) in [6.07, 6.45) is 1.81. The van der Waals surface area contributed by atoms with Gasteiger partial charge in [0.25, 0.3) is 0 Å². The van der Waals surface area contributed by atoms with Crippen molar-refractivity contribution >= 4 is 5.91 Å². The average molecular weight is 200 g/mol. The Labute approximate surface area is 88.1 Å². The molecule has 1 fully saturated rings. The van der Waals surface area contributed by atoms with E-state index >= 15 is 0 Å². The molecule has 1 heterocycles. The van der Waals surface area contributed by atoms with Crippen molar-refractivity contribution in [1.82, 2.24) is 9.80 Å². The fraction of sp³-hybridized carbons (Fsp3) is 0.909. The highest BCUT2D eigenvalue weighted by molar-refractivity contribution is 5.77. The van der Waals surface area contributed by atoms with E-state index in [2.05, 4.69) is 25.7 Å². The standard InChI is InChI=1S/C6H15N.C5H9NO/c1-4-7(5-2)6-3;1-6-4-2-3-5(6)7/h4-6H2,1-3H3;2-4H2,1H3. The first-order valence-electron chi connectivity index (χ1n) is 5.61. The summed E-state index contributed by atoms with van der Waals surface area (Å²) in [5.74, 6) is 0.292. The molecule has 0 N–H and O–H groups in total. The molecule has 0 saturated carbocycles. The molecule has 0 spiro atoms. The van der Waals surface area contributed by atoms with Crippen molar-refractivity contribution in [1.29, 1.82) is 0 Å². The summed E-state index contributed by atoms with van der Waals surface area (Å²) < 4.78 is 0. The Morgan fingerprint density at radius 1 is 1.21 bits per heavy atom. The molecule has 0 aromatic heterocycles. The fourth-order valence-corrected chi connectivity index (χ4v) is 1.45. The van der Waals surface area contributed by atoms with Gasteiger partial charge < -0.3 is 9.80 Å². The lowest BCUT2D eigenvalue weighted by atomic mass is 10.4. The number of carbonyl (C=O) groups is 1. The van der Waals surface area contributed by atoms with Gasteiger partial charge in [0.05, 0.1) is 0 Å². The molecule has 1 saturated heterocycles. The summed E-state index contributed by atoms with van der Waals surface area (Å²) in [5, 5.41) is 0. The summed E-state index contributed by atoms with van der Waals surface area (Å²) in [6, 6.07) is 0.